The number of halogens is 1. The number of carbonyl (C=O) groups excluding carboxylic acids is 2. The summed E-state index contributed by atoms with van der Waals surface area (Å²) in [6.45, 7) is 14.5. The summed E-state index contributed by atoms with van der Waals surface area (Å²) in [7, 11) is 0. The zero-order valence-corrected chi connectivity index (χ0v) is 20.0. The molecule has 0 N–H and O–H groups in total. The largest absolute Gasteiger partial charge is 0.494 e. The van der Waals surface area contributed by atoms with Gasteiger partial charge in [0.25, 0.3) is 0 Å². The minimum Gasteiger partial charge on any atom is -0.494 e. The molecule has 0 saturated carbocycles. The Hall–Kier alpha value is -2.14. The molecule has 0 spiro atoms. The zero-order valence-electron chi connectivity index (χ0n) is 18.4. The molecule has 0 bridgehead atoms. The predicted molar refractivity (Wildman–Crippen MR) is 122 cm³/mol. The molecule has 2 aromatic carbocycles. The van der Waals surface area contributed by atoms with Crippen molar-refractivity contribution in [3.8, 4) is 11.5 Å². The summed E-state index contributed by atoms with van der Waals surface area (Å²) in [4.78, 5) is 23.0. The maximum Gasteiger partial charge on any atom is 0.173 e. The van der Waals surface area contributed by atoms with Gasteiger partial charge in [0.2, 0.25) is 0 Å². The molecule has 0 amide bonds. The molecule has 0 aromatic heterocycles. The maximum atomic E-state index is 11.6. The van der Waals surface area contributed by atoms with Gasteiger partial charge >= 0.3 is 0 Å². The second-order valence-corrected chi connectivity index (χ2v) is 7.40. The van der Waals surface area contributed by atoms with Crippen LogP contribution in [0.15, 0.2) is 24.3 Å². The SMILES string of the molecule is CCOc1cc(C)c(C(=O)CBr)c(C)c1.CCOc1cc(C)c(C(C)=O)c(C)c1. The molecular formula is C24H31BrO4. The van der Waals surface area contributed by atoms with E-state index in [0.29, 0.717) is 18.5 Å². The number of benzene rings is 2. The van der Waals surface area contributed by atoms with Gasteiger partial charge in [0, 0.05) is 11.1 Å². The number of ether oxygens (including phenoxy) is 2. The first-order valence-corrected chi connectivity index (χ1v) is 10.9. The van der Waals surface area contributed by atoms with E-state index in [1.54, 1.807) is 6.92 Å². The van der Waals surface area contributed by atoms with Crippen LogP contribution >= 0.6 is 15.9 Å². The number of hydrogen-bond donors (Lipinski definition) is 0. The fourth-order valence-electron chi connectivity index (χ4n) is 3.41. The van der Waals surface area contributed by atoms with Crippen LogP contribution in [-0.2, 0) is 0 Å². The van der Waals surface area contributed by atoms with Crippen LogP contribution in [0.1, 0.15) is 63.7 Å². The highest BCUT2D eigenvalue weighted by atomic mass is 79.9. The van der Waals surface area contributed by atoms with Gasteiger partial charge < -0.3 is 9.47 Å². The third kappa shape index (κ3) is 7.00. The Bertz CT molecular complexity index is 825. The lowest BCUT2D eigenvalue weighted by Crippen LogP contribution is -2.06. The lowest BCUT2D eigenvalue weighted by Gasteiger charge is -2.11. The Labute approximate surface area is 182 Å². The normalized spacial score (nSPS) is 10.1. The van der Waals surface area contributed by atoms with Crippen molar-refractivity contribution < 1.29 is 19.1 Å². The smallest absolute Gasteiger partial charge is 0.173 e. The van der Waals surface area contributed by atoms with Crippen molar-refractivity contribution in [1.82, 2.24) is 0 Å². The second-order valence-electron chi connectivity index (χ2n) is 6.84. The standard InChI is InChI=1S/C12H15BrO2.C12H16O2/c1-4-15-10-5-8(2)12(9(3)6-10)11(14)7-13;1-5-14-11-6-8(2)12(10(4)13)9(3)7-11/h5-6H,4,7H2,1-3H3;6-7H,5H2,1-4H3. The van der Waals surface area contributed by atoms with E-state index in [1.165, 1.54) is 0 Å². The van der Waals surface area contributed by atoms with Crippen LogP contribution in [0.2, 0.25) is 0 Å². The molecule has 0 aliphatic heterocycles. The van der Waals surface area contributed by atoms with Gasteiger partial charge in [-0.25, -0.2) is 0 Å². The zero-order chi connectivity index (χ0) is 22.1. The van der Waals surface area contributed by atoms with Gasteiger partial charge in [-0.2, -0.15) is 0 Å². The fourth-order valence-corrected chi connectivity index (χ4v) is 3.69. The fraction of sp³-hybridized carbons (Fsp3) is 0.417. The van der Waals surface area contributed by atoms with Crippen LogP contribution in [0.25, 0.3) is 0 Å². The maximum absolute atomic E-state index is 11.6. The Morgan fingerprint density at radius 2 is 1.10 bits per heavy atom. The van der Waals surface area contributed by atoms with E-state index in [0.717, 1.165) is 44.9 Å². The van der Waals surface area contributed by atoms with Crippen molar-refractivity contribution in [1.29, 1.82) is 0 Å². The molecule has 0 saturated heterocycles. The monoisotopic (exact) mass is 462 g/mol. The third-order valence-corrected chi connectivity index (χ3v) is 4.90. The van der Waals surface area contributed by atoms with Crippen LogP contribution in [0.3, 0.4) is 0 Å². The summed E-state index contributed by atoms with van der Waals surface area (Å²) in [5.74, 6) is 1.90. The third-order valence-electron chi connectivity index (χ3n) is 4.39. The van der Waals surface area contributed by atoms with E-state index in [9.17, 15) is 9.59 Å². The van der Waals surface area contributed by atoms with Gasteiger partial charge in [0.05, 0.1) is 18.5 Å². The van der Waals surface area contributed by atoms with Crippen LogP contribution in [-0.4, -0.2) is 30.1 Å². The minimum absolute atomic E-state index is 0.114. The molecule has 29 heavy (non-hydrogen) atoms. The summed E-state index contributed by atoms with van der Waals surface area (Å²) in [6, 6.07) is 7.64. The number of aryl methyl sites for hydroxylation is 4. The minimum atomic E-state index is 0.114. The summed E-state index contributed by atoms with van der Waals surface area (Å²) in [6.07, 6.45) is 0. The second kappa shape index (κ2) is 11.8. The highest BCUT2D eigenvalue weighted by Crippen LogP contribution is 2.23. The van der Waals surface area contributed by atoms with E-state index < -0.39 is 0 Å². The molecule has 4 nitrogen and oxygen atoms in total. The first-order chi connectivity index (χ1) is 13.7. The Kier molecular flexibility index (Phi) is 10.1. The van der Waals surface area contributed by atoms with E-state index in [-0.39, 0.29) is 11.6 Å². The molecule has 0 fully saturated rings. The molecule has 0 unspecified atom stereocenters. The summed E-state index contributed by atoms with van der Waals surface area (Å²) < 4.78 is 10.8. The quantitative estimate of drug-likeness (QED) is 0.363. The predicted octanol–water partition coefficient (Wildman–Crippen LogP) is 6.18. The van der Waals surface area contributed by atoms with E-state index >= 15 is 0 Å². The lowest BCUT2D eigenvalue weighted by molar-refractivity contribution is 0.101. The Balaban J connectivity index is 0.000000291. The summed E-state index contributed by atoms with van der Waals surface area (Å²) in [5.41, 5.74) is 5.54. The number of alkyl halides is 1. The van der Waals surface area contributed by atoms with Crippen LogP contribution in [0.4, 0.5) is 0 Å². The van der Waals surface area contributed by atoms with Gasteiger partial charge in [-0.1, -0.05) is 15.9 Å². The van der Waals surface area contributed by atoms with Crippen molar-refractivity contribution in [2.45, 2.75) is 48.5 Å². The molecule has 0 aliphatic carbocycles. The van der Waals surface area contributed by atoms with Gasteiger partial charge in [0.1, 0.15) is 11.5 Å². The van der Waals surface area contributed by atoms with Gasteiger partial charge in [-0.3, -0.25) is 9.59 Å². The molecule has 5 heteroatoms. The van der Waals surface area contributed by atoms with Crippen LogP contribution in [0, 0.1) is 27.7 Å². The highest BCUT2D eigenvalue weighted by Gasteiger charge is 2.12. The van der Waals surface area contributed by atoms with E-state index in [1.807, 2.05) is 65.8 Å². The number of hydrogen-bond acceptors (Lipinski definition) is 4. The first kappa shape index (κ1) is 24.9. The Morgan fingerprint density at radius 1 is 0.759 bits per heavy atom. The molecule has 0 aliphatic rings. The molecule has 0 heterocycles. The number of carbonyl (C=O) groups is 2. The van der Waals surface area contributed by atoms with Crippen molar-refractivity contribution >= 4 is 27.5 Å². The summed E-state index contributed by atoms with van der Waals surface area (Å²) >= 11 is 3.19. The average Bonchev–Trinajstić information content (AvgIpc) is 2.61. The number of ketones is 2. The van der Waals surface area contributed by atoms with Crippen molar-refractivity contribution in [2.24, 2.45) is 0 Å². The van der Waals surface area contributed by atoms with Crippen molar-refractivity contribution in [3.63, 3.8) is 0 Å². The van der Waals surface area contributed by atoms with Gasteiger partial charge in [-0.05, 0) is 95.0 Å². The molecular weight excluding hydrogens is 432 g/mol. The van der Waals surface area contributed by atoms with Gasteiger partial charge in [0.15, 0.2) is 11.6 Å². The topological polar surface area (TPSA) is 52.6 Å². The van der Waals surface area contributed by atoms with E-state index in [4.69, 9.17) is 9.47 Å². The van der Waals surface area contributed by atoms with Crippen LogP contribution < -0.4 is 9.47 Å². The summed E-state index contributed by atoms with van der Waals surface area (Å²) in [5, 5.41) is 0.364. The lowest BCUT2D eigenvalue weighted by atomic mass is 9.99. The van der Waals surface area contributed by atoms with Crippen molar-refractivity contribution in [3.05, 3.63) is 57.6 Å². The molecule has 2 aromatic rings. The highest BCUT2D eigenvalue weighted by molar-refractivity contribution is 9.09. The van der Waals surface area contributed by atoms with Crippen LogP contribution in [0.5, 0.6) is 11.5 Å². The number of Topliss-reactive ketones (excluding diaryl/α,β-unsaturated/α-hetero) is 2. The molecule has 2 rings (SSSR count). The molecule has 0 radical (unpaired) electrons. The molecule has 0 atom stereocenters. The van der Waals surface area contributed by atoms with Crippen molar-refractivity contribution in [2.75, 3.05) is 18.5 Å². The Morgan fingerprint density at radius 3 is 1.38 bits per heavy atom. The average molecular weight is 463 g/mol. The van der Waals surface area contributed by atoms with E-state index in [2.05, 4.69) is 15.9 Å². The first-order valence-electron chi connectivity index (χ1n) is 9.74. The van der Waals surface area contributed by atoms with Gasteiger partial charge in [-0.15, -0.1) is 0 Å². The molecule has 158 valence electrons. The number of rotatable bonds is 7.